The van der Waals surface area contributed by atoms with Crippen molar-refractivity contribution < 1.29 is 0 Å². The largest absolute Gasteiger partial charge is 0.310 e. The zero-order chi connectivity index (χ0) is 13.9. The Balaban J connectivity index is 1.57. The van der Waals surface area contributed by atoms with Crippen LogP contribution in [0.3, 0.4) is 0 Å². The summed E-state index contributed by atoms with van der Waals surface area (Å²) in [5.74, 6) is 1.26. The first kappa shape index (κ1) is 13.4. The van der Waals surface area contributed by atoms with Gasteiger partial charge in [0.25, 0.3) is 0 Å². The normalized spacial score (nSPS) is 24.1. The highest BCUT2D eigenvalue weighted by Gasteiger charge is 2.39. The van der Waals surface area contributed by atoms with Crippen molar-refractivity contribution in [2.75, 3.05) is 0 Å². The van der Waals surface area contributed by atoms with Gasteiger partial charge in [0, 0.05) is 18.0 Å². The summed E-state index contributed by atoms with van der Waals surface area (Å²) in [5.41, 5.74) is 2.90. The van der Waals surface area contributed by atoms with Gasteiger partial charge >= 0.3 is 0 Å². The maximum atomic E-state index is 3.80. The van der Waals surface area contributed by atoms with Gasteiger partial charge in [0.15, 0.2) is 0 Å². The number of benzene rings is 2. The predicted octanol–water partition coefficient (Wildman–Crippen LogP) is 4.32. The second-order valence-electron chi connectivity index (χ2n) is 6.01. The molecule has 1 heteroatoms. The first-order valence-corrected chi connectivity index (χ1v) is 7.61. The van der Waals surface area contributed by atoms with Crippen LogP contribution in [0, 0.1) is 0 Å². The van der Waals surface area contributed by atoms with E-state index in [1.165, 1.54) is 17.5 Å². The zero-order valence-electron chi connectivity index (χ0n) is 12.3. The summed E-state index contributed by atoms with van der Waals surface area (Å²) in [5, 5.41) is 3.80. The number of hydrogen-bond donors (Lipinski definition) is 1. The summed E-state index contributed by atoms with van der Waals surface area (Å²) < 4.78 is 0. The van der Waals surface area contributed by atoms with Crippen molar-refractivity contribution in [1.82, 2.24) is 5.32 Å². The van der Waals surface area contributed by atoms with Gasteiger partial charge < -0.3 is 5.32 Å². The summed E-state index contributed by atoms with van der Waals surface area (Å²) in [6.07, 6.45) is 1.27. The van der Waals surface area contributed by atoms with E-state index in [9.17, 15) is 0 Å². The molecule has 0 saturated heterocycles. The highest BCUT2D eigenvalue weighted by Crippen LogP contribution is 2.41. The van der Waals surface area contributed by atoms with E-state index in [0.717, 1.165) is 0 Å². The van der Waals surface area contributed by atoms with Gasteiger partial charge in [-0.3, -0.25) is 0 Å². The monoisotopic (exact) mass is 265 g/mol. The van der Waals surface area contributed by atoms with Gasteiger partial charge in [0.05, 0.1) is 0 Å². The van der Waals surface area contributed by atoms with Crippen LogP contribution >= 0.6 is 0 Å². The molecule has 0 amide bonds. The molecule has 2 aromatic rings. The first-order valence-electron chi connectivity index (χ1n) is 7.61. The second-order valence-corrected chi connectivity index (χ2v) is 6.01. The maximum Gasteiger partial charge on any atom is 0.0145 e. The van der Waals surface area contributed by atoms with Crippen LogP contribution in [0.15, 0.2) is 60.7 Å². The fraction of sp³-hybridized carbons (Fsp3) is 0.368. The van der Waals surface area contributed by atoms with E-state index in [2.05, 4.69) is 79.8 Å². The third-order valence-corrected chi connectivity index (χ3v) is 4.57. The molecule has 1 N–H and O–H groups in total. The van der Waals surface area contributed by atoms with Crippen molar-refractivity contribution in [3.05, 3.63) is 71.8 Å². The summed E-state index contributed by atoms with van der Waals surface area (Å²) >= 11 is 0. The van der Waals surface area contributed by atoms with Crippen LogP contribution in [0.4, 0.5) is 0 Å². The molecule has 1 aliphatic carbocycles. The molecule has 0 bridgehead atoms. The predicted molar refractivity (Wildman–Crippen MR) is 85.0 cm³/mol. The lowest BCUT2D eigenvalue weighted by molar-refractivity contribution is 0.474. The molecule has 0 heterocycles. The summed E-state index contributed by atoms with van der Waals surface area (Å²) in [6, 6.07) is 22.8. The molecule has 1 aliphatic rings. The molecule has 3 unspecified atom stereocenters. The Labute approximate surface area is 122 Å². The van der Waals surface area contributed by atoms with Crippen LogP contribution in [-0.4, -0.2) is 12.1 Å². The molecule has 1 nitrogen and oxygen atoms in total. The summed E-state index contributed by atoms with van der Waals surface area (Å²) in [6.45, 7) is 4.62. The first-order chi connectivity index (χ1) is 9.75. The molecule has 20 heavy (non-hydrogen) atoms. The lowest BCUT2D eigenvalue weighted by atomic mass is 9.94. The van der Waals surface area contributed by atoms with Gasteiger partial charge in [-0.25, -0.2) is 0 Å². The average Bonchev–Trinajstić information content (AvgIpc) is 3.27. The van der Waals surface area contributed by atoms with Gasteiger partial charge in [-0.1, -0.05) is 67.6 Å². The summed E-state index contributed by atoms with van der Waals surface area (Å²) in [7, 11) is 0. The average molecular weight is 265 g/mol. The molecule has 104 valence electrons. The van der Waals surface area contributed by atoms with E-state index < -0.39 is 0 Å². The number of hydrogen-bond acceptors (Lipinski definition) is 1. The van der Waals surface area contributed by atoms with Crippen molar-refractivity contribution >= 4 is 0 Å². The van der Waals surface area contributed by atoms with Gasteiger partial charge in [0.1, 0.15) is 0 Å². The minimum atomic E-state index is 0.510. The Bertz CT molecular complexity index is 534. The van der Waals surface area contributed by atoms with Crippen molar-refractivity contribution in [3.8, 4) is 0 Å². The van der Waals surface area contributed by atoms with Crippen LogP contribution in [0.1, 0.15) is 43.2 Å². The molecule has 0 aliphatic heterocycles. The van der Waals surface area contributed by atoms with Gasteiger partial charge in [0.2, 0.25) is 0 Å². The Kier molecular flexibility index (Phi) is 3.88. The molecular weight excluding hydrogens is 242 g/mol. The molecule has 1 fully saturated rings. The Morgan fingerprint density at radius 2 is 1.50 bits per heavy atom. The number of nitrogens with one attached hydrogen (secondary N) is 1. The quantitative estimate of drug-likeness (QED) is 0.848. The second kappa shape index (κ2) is 5.80. The molecule has 0 aromatic heterocycles. The Morgan fingerprint density at radius 3 is 2.15 bits per heavy atom. The SMILES string of the molecule is CC(NC1C[C@H]1c1ccccc1)C(C)c1ccccc1. The van der Waals surface area contributed by atoms with Crippen LogP contribution in [-0.2, 0) is 0 Å². The van der Waals surface area contributed by atoms with E-state index in [4.69, 9.17) is 0 Å². The molecular formula is C19H23N. The highest BCUT2D eigenvalue weighted by atomic mass is 15.0. The van der Waals surface area contributed by atoms with E-state index in [-0.39, 0.29) is 0 Å². The van der Waals surface area contributed by atoms with Gasteiger partial charge in [-0.2, -0.15) is 0 Å². The molecule has 4 atom stereocenters. The van der Waals surface area contributed by atoms with Crippen molar-refractivity contribution in [1.29, 1.82) is 0 Å². The zero-order valence-corrected chi connectivity index (χ0v) is 12.3. The van der Waals surface area contributed by atoms with E-state index in [1.54, 1.807) is 0 Å². The molecule has 2 aromatic carbocycles. The summed E-state index contributed by atoms with van der Waals surface area (Å²) in [4.78, 5) is 0. The van der Waals surface area contributed by atoms with E-state index >= 15 is 0 Å². The van der Waals surface area contributed by atoms with Crippen molar-refractivity contribution in [3.63, 3.8) is 0 Å². The standard InChI is InChI=1S/C19H23N/c1-14(16-9-5-3-6-10-16)15(2)20-19-13-18(19)17-11-7-4-8-12-17/h3-12,14-15,18-20H,13H2,1-2H3/t14?,15?,18-,19?/m0/s1. The number of rotatable bonds is 5. The minimum Gasteiger partial charge on any atom is -0.310 e. The fourth-order valence-corrected chi connectivity index (χ4v) is 2.98. The van der Waals surface area contributed by atoms with Gasteiger partial charge in [-0.05, 0) is 30.4 Å². The van der Waals surface area contributed by atoms with Crippen LogP contribution in [0.5, 0.6) is 0 Å². The molecule has 0 spiro atoms. The minimum absolute atomic E-state index is 0.510. The molecule has 3 rings (SSSR count). The molecule has 0 radical (unpaired) electrons. The maximum absolute atomic E-state index is 3.80. The van der Waals surface area contributed by atoms with Crippen molar-refractivity contribution in [2.24, 2.45) is 0 Å². The van der Waals surface area contributed by atoms with Crippen LogP contribution < -0.4 is 5.32 Å². The van der Waals surface area contributed by atoms with E-state index in [0.29, 0.717) is 23.9 Å². The fourth-order valence-electron chi connectivity index (χ4n) is 2.98. The highest BCUT2D eigenvalue weighted by molar-refractivity contribution is 5.28. The third kappa shape index (κ3) is 2.94. The molecule has 1 saturated carbocycles. The van der Waals surface area contributed by atoms with Crippen LogP contribution in [0.2, 0.25) is 0 Å². The van der Waals surface area contributed by atoms with Gasteiger partial charge in [-0.15, -0.1) is 0 Å². The Morgan fingerprint density at radius 1 is 0.900 bits per heavy atom. The smallest absolute Gasteiger partial charge is 0.0145 e. The third-order valence-electron chi connectivity index (χ3n) is 4.57. The Hall–Kier alpha value is -1.60. The lowest BCUT2D eigenvalue weighted by Crippen LogP contribution is -2.33. The topological polar surface area (TPSA) is 12.0 Å². The van der Waals surface area contributed by atoms with Crippen molar-refractivity contribution in [2.45, 2.75) is 44.2 Å². The van der Waals surface area contributed by atoms with E-state index in [1.807, 2.05) is 0 Å². The lowest BCUT2D eigenvalue weighted by Gasteiger charge is -2.22. The van der Waals surface area contributed by atoms with Crippen LogP contribution in [0.25, 0.3) is 0 Å².